The molecule has 0 fully saturated rings. The van der Waals surface area contributed by atoms with E-state index < -0.39 is 0 Å². The molecule has 0 aromatic heterocycles. The first kappa shape index (κ1) is 14.6. The number of hydrogen-bond acceptors (Lipinski definition) is 3. The van der Waals surface area contributed by atoms with Crippen LogP contribution in [-0.4, -0.2) is 19.2 Å². The van der Waals surface area contributed by atoms with Crippen LogP contribution in [-0.2, 0) is 9.53 Å². The number of ether oxygens (including phenoxy) is 2. The Morgan fingerprint density at radius 3 is 2.50 bits per heavy atom. The normalized spacial score (nSPS) is 18.4. The third-order valence-corrected chi connectivity index (χ3v) is 3.75. The summed E-state index contributed by atoms with van der Waals surface area (Å²) in [7, 11) is 1.65. The molecule has 0 amide bonds. The van der Waals surface area contributed by atoms with Gasteiger partial charge in [0.15, 0.2) is 0 Å². The van der Waals surface area contributed by atoms with Crippen molar-refractivity contribution in [3.8, 4) is 5.75 Å². The average Bonchev–Trinajstić information content (AvgIpc) is 2.75. The van der Waals surface area contributed by atoms with E-state index in [0.29, 0.717) is 0 Å². The SMILES string of the molecule is CCCCC[C@H]1OC(=O)C(C)=C1c1ccc(OC)cc1. The molecule has 2 rings (SSSR count). The first-order valence-electron chi connectivity index (χ1n) is 7.23. The Kier molecular flexibility index (Phi) is 4.83. The predicted octanol–water partition coefficient (Wildman–Crippen LogP) is 3.97. The van der Waals surface area contributed by atoms with Crippen LogP contribution < -0.4 is 4.74 Å². The van der Waals surface area contributed by atoms with E-state index in [0.717, 1.165) is 35.3 Å². The molecule has 0 aliphatic carbocycles. The number of rotatable bonds is 6. The lowest BCUT2D eigenvalue weighted by molar-refractivity contribution is -0.139. The lowest BCUT2D eigenvalue weighted by Gasteiger charge is -2.14. The highest BCUT2D eigenvalue weighted by Crippen LogP contribution is 2.34. The monoisotopic (exact) mass is 274 g/mol. The van der Waals surface area contributed by atoms with Crippen LogP contribution in [0.4, 0.5) is 0 Å². The summed E-state index contributed by atoms with van der Waals surface area (Å²) in [5.74, 6) is 0.636. The van der Waals surface area contributed by atoms with Crippen LogP contribution in [0.5, 0.6) is 5.75 Å². The van der Waals surface area contributed by atoms with E-state index in [9.17, 15) is 4.79 Å². The van der Waals surface area contributed by atoms with Gasteiger partial charge in [-0.1, -0.05) is 31.9 Å². The molecule has 0 spiro atoms. The number of carbonyl (C=O) groups excluding carboxylic acids is 1. The maximum Gasteiger partial charge on any atom is 0.334 e. The largest absolute Gasteiger partial charge is 0.497 e. The summed E-state index contributed by atoms with van der Waals surface area (Å²) < 4.78 is 10.7. The van der Waals surface area contributed by atoms with Crippen LogP contribution in [0, 0.1) is 0 Å². The lowest BCUT2D eigenvalue weighted by atomic mass is 9.94. The number of methoxy groups -OCH3 is 1. The van der Waals surface area contributed by atoms with Crippen molar-refractivity contribution >= 4 is 11.5 Å². The number of unbranched alkanes of at least 4 members (excludes halogenated alkanes) is 2. The third-order valence-electron chi connectivity index (χ3n) is 3.75. The van der Waals surface area contributed by atoms with Gasteiger partial charge in [0, 0.05) is 11.1 Å². The van der Waals surface area contributed by atoms with Crippen molar-refractivity contribution in [2.45, 2.75) is 45.6 Å². The first-order chi connectivity index (χ1) is 9.67. The van der Waals surface area contributed by atoms with Crippen molar-refractivity contribution in [3.63, 3.8) is 0 Å². The Balaban J connectivity index is 2.21. The zero-order valence-corrected chi connectivity index (χ0v) is 12.4. The van der Waals surface area contributed by atoms with E-state index in [1.54, 1.807) is 7.11 Å². The Labute approximate surface area is 120 Å². The zero-order chi connectivity index (χ0) is 14.5. The maximum atomic E-state index is 11.8. The summed E-state index contributed by atoms with van der Waals surface area (Å²) in [6, 6.07) is 7.82. The van der Waals surface area contributed by atoms with Crippen molar-refractivity contribution < 1.29 is 14.3 Å². The molecule has 3 nitrogen and oxygen atoms in total. The van der Waals surface area contributed by atoms with Gasteiger partial charge < -0.3 is 9.47 Å². The van der Waals surface area contributed by atoms with Crippen LogP contribution in [0.2, 0.25) is 0 Å². The Hall–Kier alpha value is -1.77. The fourth-order valence-corrected chi connectivity index (χ4v) is 2.58. The van der Waals surface area contributed by atoms with Gasteiger partial charge in [-0.05, 0) is 37.5 Å². The molecule has 1 atom stereocenters. The molecule has 0 N–H and O–H groups in total. The standard InChI is InChI=1S/C17H22O3/c1-4-5-6-7-15-16(12(2)17(18)20-15)13-8-10-14(19-3)11-9-13/h8-11,15H,4-7H2,1-3H3/t15-/m1/s1. The number of benzene rings is 1. The van der Waals surface area contributed by atoms with Crippen molar-refractivity contribution in [1.82, 2.24) is 0 Å². The van der Waals surface area contributed by atoms with Gasteiger partial charge in [-0.25, -0.2) is 4.79 Å². The molecule has 3 heteroatoms. The smallest absolute Gasteiger partial charge is 0.334 e. The minimum absolute atomic E-state index is 0.0950. The lowest BCUT2D eigenvalue weighted by Crippen LogP contribution is -2.11. The fraction of sp³-hybridized carbons (Fsp3) is 0.471. The fourth-order valence-electron chi connectivity index (χ4n) is 2.58. The van der Waals surface area contributed by atoms with Gasteiger partial charge in [0.05, 0.1) is 7.11 Å². The highest BCUT2D eigenvalue weighted by atomic mass is 16.5. The van der Waals surface area contributed by atoms with Crippen molar-refractivity contribution in [2.75, 3.05) is 7.11 Å². The summed E-state index contributed by atoms with van der Waals surface area (Å²) in [6.07, 6.45) is 4.23. The molecule has 1 aliphatic heterocycles. The van der Waals surface area contributed by atoms with E-state index in [1.165, 1.54) is 12.8 Å². The van der Waals surface area contributed by atoms with Gasteiger partial charge in [0.1, 0.15) is 11.9 Å². The predicted molar refractivity (Wildman–Crippen MR) is 79.6 cm³/mol. The van der Waals surface area contributed by atoms with E-state index in [4.69, 9.17) is 9.47 Å². The van der Waals surface area contributed by atoms with Crippen molar-refractivity contribution in [2.24, 2.45) is 0 Å². The van der Waals surface area contributed by atoms with Crippen LogP contribution >= 0.6 is 0 Å². The molecular formula is C17H22O3. The molecule has 1 aromatic rings. The molecule has 1 aliphatic rings. The molecule has 108 valence electrons. The summed E-state index contributed by atoms with van der Waals surface area (Å²) in [4.78, 5) is 11.8. The topological polar surface area (TPSA) is 35.5 Å². The van der Waals surface area contributed by atoms with Crippen LogP contribution in [0.1, 0.15) is 45.1 Å². The molecule has 0 saturated carbocycles. The third kappa shape index (κ3) is 3.03. The number of cyclic esters (lactones) is 1. The van der Waals surface area contributed by atoms with Crippen LogP contribution in [0.3, 0.4) is 0 Å². The average molecular weight is 274 g/mol. The van der Waals surface area contributed by atoms with Gasteiger partial charge >= 0.3 is 5.97 Å². The number of esters is 1. The Bertz CT molecular complexity index is 499. The molecule has 0 bridgehead atoms. The summed E-state index contributed by atoms with van der Waals surface area (Å²) in [5, 5.41) is 0. The minimum Gasteiger partial charge on any atom is -0.497 e. The van der Waals surface area contributed by atoms with E-state index in [-0.39, 0.29) is 12.1 Å². The van der Waals surface area contributed by atoms with Gasteiger partial charge in [-0.15, -0.1) is 0 Å². The summed E-state index contributed by atoms with van der Waals surface area (Å²) >= 11 is 0. The molecule has 0 saturated heterocycles. The zero-order valence-electron chi connectivity index (χ0n) is 12.4. The molecule has 0 unspecified atom stereocenters. The Morgan fingerprint density at radius 2 is 1.90 bits per heavy atom. The van der Waals surface area contributed by atoms with Gasteiger partial charge in [-0.2, -0.15) is 0 Å². The molecule has 1 aromatic carbocycles. The van der Waals surface area contributed by atoms with E-state index in [2.05, 4.69) is 6.92 Å². The highest BCUT2D eigenvalue weighted by molar-refractivity contribution is 6.02. The number of carbonyl (C=O) groups is 1. The number of hydrogen-bond donors (Lipinski definition) is 0. The van der Waals surface area contributed by atoms with E-state index in [1.807, 2.05) is 31.2 Å². The van der Waals surface area contributed by atoms with Crippen molar-refractivity contribution in [3.05, 3.63) is 35.4 Å². The van der Waals surface area contributed by atoms with E-state index >= 15 is 0 Å². The maximum absolute atomic E-state index is 11.8. The van der Waals surface area contributed by atoms with Crippen molar-refractivity contribution in [1.29, 1.82) is 0 Å². The summed E-state index contributed by atoms with van der Waals surface area (Å²) in [6.45, 7) is 4.02. The second-order valence-electron chi connectivity index (χ2n) is 5.16. The molecule has 20 heavy (non-hydrogen) atoms. The molecule has 1 heterocycles. The van der Waals surface area contributed by atoms with Crippen LogP contribution in [0.15, 0.2) is 29.8 Å². The molecule has 0 radical (unpaired) electrons. The second kappa shape index (κ2) is 6.60. The van der Waals surface area contributed by atoms with Gasteiger partial charge in [0.2, 0.25) is 0 Å². The quantitative estimate of drug-likeness (QED) is 0.581. The second-order valence-corrected chi connectivity index (χ2v) is 5.16. The highest BCUT2D eigenvalue weighted by Gasteiger charge is 2.31. The minimum atomic E-state index is -0.183. The molecular weight excluding hydrogens is 252 g/mol. The Morgan fingerprint density at radius 1 is 1.20 bits per heavy atom. The summed E-state index contributed by atoms with van der Waals surface area (Å²) in [5.41, 5.74) is 2.82. The van der Waals surface area contributed by atoms with Crippen LogP contribution in [0.25, 0.3) is 5.57 Å². The first-order valence-corrected chi connectivity index (χ1v) is 7.23. The van der Waals surface area contributed by atoms with Gasteiger partial charge in [0.25, 0.3) is 0 Å². The van der Waals surface area contributed by atoms with Gasteiger partial charge in [-0.3, -0.25) is 0 Å².